The molecule has 154 valence electrons. The molecule has 2 atom stereocenters. The summed E-state index contributed by atoms with van der Waals surface area (Å²) in [7, 11) is 0. The lowest BCUT2D eigenvalue weighted by Gasteiger charge is -2.31. The smallest absolute Gasteiger partial charge is 0.149 e. The fourth-order valence-electron chi connectivity index (χ4n) is 6.67. The Hall–Kier alpha value is -2.42. The molecule has 3 nitrogen and oxygen atoms in total. The molecule has 0 saturated carbocycles. The lowest BCUT2D eigenvalue weighted by molar-refractivity contribution is 0.338. The number of hydrogen-bond donors (Lipinski definition) is 0. The third-order valence-electron chi connectivity index (χ3n) is 7.70. The summed E-state index contributed by atoms with van der Waals surface area (Å²) < 4.78 is 2.37. The number of hydrogen-bond acceptors (Lipinski definition) is 2. The van der Waals surface area contributed by atoms with Gasteiger partial charge in [0.15, 0.2) is 0 Å². The molecule has 0 spiro atoms. The van der Waals surface area contributed by atoms with E-state index in [0.29, 0.717) is 5.92 Å². The van der Waals surface area contributed by atoms with E-state index in [1.165, 1.54) is 34.0 Å². The van der Waals surface area contributed by atoms with Crippen LogP contribution in [0.25, 0.3) is 27.6 Å². The standard InChI is InChI=1S/C27H31N3/c1-15-13-27(7)14-26(5,6)17-12-21-20(11-18(17)27)28-23-22-16(15)9-8-10-19(22)29-24(30(21)23)25(2,3)4/h8-12,15H,13-14H2,1-7H3. The van der Waals surface area contributed by atoms with Crippen molar-refractivity contribution in [2.75, 3.05) is 0 Å². The minimum atomic E-state index is -0.0785. The maximum absolute atomic E-state index is 5.26. The normalized spacial score (nSPS) is 25.0. The van der Waals surface area contributed by atoms with Crippen molar-refractivity contribution in [3.63, 3.8) is 0 Å². The van der Waals surface area contributed by atoms with Crippen molar-refractivity contribution in [3.05, 3.63) is 52.8 Å². The maximum Gasteiger partial charge on any atom is 0.149 e. The molecule has 0 N–H and O–H groups in total. The zero-order valence-corrected chi connectivity index (χ0v) is 19.2. The monoisotopic (exact) mass is 397 g/mol. The van der Waals surface area contributed by atoms with Gasteiger partial charge in [0.2, 0.25) is 0 Å². The molecule has 4 aromatic rings. The fourth-order valence-corrected chi connectivity index (χ4v) is 6.67. The highest BCUT2D eigenvalue weighted by Gasteiger charge is 2.46. The zero-order chi connectivity index (χ0) is 21.2. The maximum atomic E-state index is 5.26. The van der Waals surface area contributed by atoms with Crippen LogP contribution in [0.1, 0.15) is 89.7 Å². The summed E-state index contributed by atoms with van der Waals surface area (Å²) in [6.45, 7) is 16.5. The molecule has 0 radical (unpaired) electrons. The molecule has 1 aliphatic carbocycles. The van der Waals surface area contributed by atoms with E-state index in [9.17, 15) is 0 Å². The van der Waals surface area contributed by atoms with Gasteiger partial charge < -0.3 is 0 Å². The van der Waals surface area contributed by atoms with Crippen LogP contribution in [0.4, 0.5) is 0 Å². The van der Waals surface area contributed by atoms with E-state index < -0.39 is 0 Å². The second kappa shape index (κ2) is 5.25. The summed E-state index contributed by atoms with van der Waals surface area (Å²) in [4.78, 5) is 10.5. The minimum Gasteiger partial charge on any atom is -0.279 e. The Morgan fingerprint density at radius 2 is 1.77 bits per heavy atom. The quantitative estimate of drug-likeness (QED) is 0.327. The van der Waals surface area contributed by atoms with Crippen LogP contribution in [0.3, 0.4) is 0 Å². The predicted molar refractivity (Wildman–Crippen MR) is 125 cm³/mol. The molecule has 1 aliphatic heterocycles. The third kappa shape index (κ3) is 2.16. The molecule has 0 fully saturated rings. The molecule has 2 aromatic heterocycles. The molecule has 3 bridgehead atoms. The van der Waals surface area contributed by atoms with Gasteiger partial charge in [-0.2, -0.15) is 0 Å². The van der Waals surface area contributed by atoms with E-state index in [0.717, 1.165) is 28.9 Å². The van der Waals surface area contributed by atoms with Crippen LogP contribution in [-0.2, 0) is 16.2 Å². The van der Waals surface area contributed by atoms with Gasteiger partial charge in [0.05, 0.1) is 16.6 Å². The molecule has 30 heavy (non-hydrogen) atoms. The van der Waals surface area contributed by atoms with Gasteiger partial charge in [-0.3, -0.25) is 4.40 Å². The molecule has 2 aromatic carbocycles. The van der Waals surface area contributed by atoms with Crippen molar-refractivity contribution in [3.8, 4) is 0 Å². The van der Waals surface area contributed by atoms with Gasteiger partial charge in [-0.25, -0.2) is 9.97 Å². The summed E-state index contributed by atoms with van der Waals surface area (Å²) >= 11 is 0. The Kier molecular flexibility index (Phi) is 3.21. The van der Waals surface area contributed by atoms with Gasteiger partial charge in [-0.05, 0) is 64.5 Å². The van der Waals surface area contributed by atoms with Crippen LogP contribution in [0.2, 0.25) is 0 Å². The highest BCUT2D eigenvalue weighted by molar-refractivity contribution is 5.99. The highest BCUT2D eigenvalue weighted by atomic mass is 15.1. The number of imidazole rings is 1. The van der Waals surface area contributed by atoms with E-state index in [4.69, 9.17) is 9.97 Å². The first-order chi connectivity index (χ1) is 14.0. The predicted octanol–water partition coefficient (Wildman–Crippen LogP) is 6.78. The van der Waals surface area contributed by atoms with Crippen molar-refractivity contribution in [2.24, 2.45) is 0 Å². The second-order valence-electron chi connectivity index (χ2n) is 11.8. The number of nitrogens with zero attached hydrogens (tertiary/aromatic N) is 3. The van der Waals surface area contributed by atoms with Crippen LogP contribution >= 0.6 is 0 Å². The van der Waals surface area contributed by atoms with E-state index in [-0.39, 0.29) is 16.2 Å². The van der Waals surface area contributed by atoms with Crippen LogP contribution in [0, 0.1) is 0 Å². The van der Waals surface area contributed by atoms with Crippen LogP contribution in [0.15, 0.2) is 30.3 Å². The number of fused-ring (bicyclic) bond motifs is 1. The Morgan fingerprint density at radius 3 is 2.50 bits per heavy atom. The van der Waals surface area contributed by atoms with Crippen molar-refractivity contribution < 1.29 is 0 Å². The Balaban J connectivity index is 1.92. The number of rotatable bonds is 0. The summed E-state index contributed by atoms with van der Waals surface area (Å²) in [5.41, 5.74) is 9.14. The van der Waals surface area contributed by atoms with Crippen molar-refractivity contribution in [1.29, 1.82) is 0 Å². The first-order valence-corrected chi connectivity index (χ1v) is 11.3. The summed E-state index contributed by atoms with van der Waals surface area (Å²) in [5, 5.41) is 1.24. The molecule has 3 heterocycles. The average Bonchev–Trinajstić information content (AvgIpc) is 3.10. The van der Waals surface area contributed by atoms with Gasteiger partial charge in [-0.1, -0.05) is 60.6 Å². The van der Waals surface area contributed by atoms with Crippen LogP contribution in [0.5, 0.6) is 0 Å². The van der Waals surface area contributed by atoms with Gasteiger partial charge >= 0.3 is 0 Å². The first-order valence-electron chi connectivity index (χ1n) is 11.3. The van der Waals surface area contributed by atoms with Gasteiger partial charge in [0.1, 0.15) is 11.5 Å². The molecule has 3 heteroatoms. The van der Waals surface area contributed by atoms with Gasteiger partial charge in [0, 0.05) is 10.8 Å². The molecular weight excluding hydrogens is 366 g/mol. The van der Waals surface area contributed by atoms with E-state index in [2.05, 4.69) is 83.2 Å². The Labute approximate surface area is 178 Å². The number of benzene rings is 2. The summed E-state index contributed by atoms with van der Waals surface area (Å²) in [5.74, 6) is 1.54. The van der Waals surface area contributed by atoms with Crippen LogP contribution < -0.4 is 0 Å². The van der Waals surface area contributed by atoms with E-state index >= 15 is 0 Å². The molecule has 6 rings (SSSR count). The molecular formula is C27H31N3. The summed E-state index contributed by atoms with van der Waals surface area (Å²) in [6.07, 6.45) is 2.34. The topological polar surface area (TPSA) is 30.2 Å². The van der Waals surface area contributed by atoms with E-state index in [1.807, 2.05) is 0 Å². The van der Waals surface area contributed by atoms with Gasteiger partial charge in [-0.15, -0.1) is 0 Å². The van der Waals surface area contributed by atoms with Crippen molar-refractivity contribution >= 4 is 27.6 Å². The largest absolute Gasteiger partial charge is 0.279 e. The fraction of sp³-hybridized carbons (Fsp3) is 0.481. The lowest BCUT2D eigenvalue weighted by Crippen LogP contribution is -2.24. The third-order valence-corrected chi connectivity index (χ3v) is 7.70. The zero-order valence-electron chi connectivity index (χ0n) is 19.2. The van der Waals surface area contributed by atoms with Crippen molar-refractivity contribution in [1.82, 2.24) is 14.4 Å². The summed E-state index contributed by atoms with van der Waals surface area (Å²) in [6, 6.07) is 11.5. The van der Waals surface area contributed by atoms with Gasteiger partial charge in [0.25, 0.3) is 0 Å². The first kappa shape index (κ1) is 18.4. The minimum absolute atomic E-state index is 0.0785. The molecule has 2 aliphatic rings. The Morgan fingerprint density at radius 1 is 1.00 bits per heavy atom. The molecule has 2 unspecified atom stereocenters. The highest BCUT2D eigenvalue weighted by Crippen LogP contribution is 2.55. The molecule has 0 saturated heterocycles. The lowest BCUT2D eigenvalue weighted by atomic mass is 9.73. The second-order valence-corrected chi connectivity index (χ2v) is 11.8. The SMILES string of the molecule is CC1CC2(C)CC(C)(C)c3cc4c(cc32)nc2c3c1cccc3nc(C(C)(C)C)n42. The van der Waals surface area contributed by atoms with Crippen LogP contribution in [-0.4, -0.2) is 14.4 Å². The Bertz CT molecular complexity index is 1380. The van der Waals surface area contributed by atoms with Crippen molar-refractivity contribution in [2.45, 2.75) is 83.5 Å². The van der Waals surface area contributed by atoms with E-state index in [1.54, 1.807) is 0 Å². The average molecular weight is 398 g/mol. The molecule has 0 amide bonds. The number of aromatic nitrogens is 3.